The summed E-state index contributed by atoms with van der Waals surface area (Å²) < 4.78 is 14.0. The molecule has 1 heterocycles. The second kappa shape index (κ2) is 6.78. The molecule has 2 amide bonds. The Morgan fingerprint density at radius 3 is 2.38 bits per heavy atom. The number of rotatable bonds is 3. The summed E-state index contributed by atoms with van der Waals surface area (Å²) in [4.78, 5) is 29.2. The molecule has 26 heavy (non-hydrogen) atoms. The maximum Gasteiger partial charge on any atom is 0.259 e. The van der Waals surface area contributed by atoms with Crippen LogP contribution in [-0.4, -0.2) is 29.0 Å². The van der Waals surface area contributed by atoms with Gasteiger partial charge in [-0.3, -0.25) is 14.5 Å². The van der Waals surface area contributed by atoms with E-state index in [-0.39, 0.29) is 17.7 Å². The molecule has 3 rings (SSSR count). The number of phenols is 1. The predicted molar refractivity (Wildman–Crippen MR) is 98.0 cm³/mol. The van der Waals surface area contributed by atoms with Gasteiger partial charge in [0.25, 0.3) is 5.91 Å². The molecule has 1 atom stereocenters. The lowest BCUT2D eigenvalue weighted by atomic mass is 10.0. The summed E-state index contributed by atoms with van der Waals surface area (Å²) in [5.74, 6) is -1.02. The van der Waals surface area contributed by atoms with Crippen LogP contribution in [0.25, 0.3) is 0 Å². The van der Waals surface area contributed by atoms with Gasteiger partial charge in [0.15, 0.2) is 0 Å². The van der Waals surface area contributed by atoms with Gasteiger partial charge in [-0.2, -0.15) is 0 Å². The van der Waals surface area contributed by atoms with Crippen LogP contribution < -0.4 is 9.80 Å². The van der Waals surface area contributed by atoms with Gasteiger partial charge in [-0.25, -0.2) is 4.39 Å². The normalized spacial score (nSPS) is 16.8. The fourth-order valence-electron chi connectivity index (χ4n) is 3.33. The average molecular weight is 356 g/mol. The maximum absolute atomic E-state index is 14.0. The molecule has 2 aromatic rings. The van der Waals surface area contributed by atoms with E-state index in [9.17, 15) is 19.1 Å². The van der Waals surface area contributed by atoms with E-state index in [1.807, 2.05) is 20.8 Å². The van der Waals surface area contributed by atoms with E-state index >= 15 is 0 Å². The van der Waals surface area contributed by atoms with Crippen LogP contribution in [0.15, 0.2) is 42.5 Å². The van der Waals surface area contributed by atoms with Crippen LogP contribution in [0.5, 0.6) is 5.75 Å². The standard InChI is InChI=1S/C20H21FN2O3/c1-4-16-20(26)22(12(2)3)17-10-7-14(21)11-18(17)23(16)19(25)13-5-8-15(24)9-6-13/h5-12,16,24H,4H2,1-3H3/t16-/m1/s1. The summed E-state index contributed by atoms with van der Waals surface area (Å²) in [7, 11) is 0. The smallest absolute Gasteiger partial charge is 0.259 e. The fraction of sp³-hybridized carbons (Fsp3) is 0.300. The van der Waals surface area contributed by atoms with Gasteiger partial charge in [0.05, 0.1) is 11.4 Å². The Balaban J connectivity index is 2.17. The second-order valence-electron chi connectivity index (χ2n) is 6.58. The van der Waals surface area contributed by atoms with E-state index in [0.29, 0.717) is 23.4 Å². The van der Waals surface area contributed by atoms with E-state index < -0.39 is 17.8 Å². The predicted octanol–water partition coefficient (Wildman–Crippen LogP) is 3.71. The monoisotopic (exact) mass is 356 g/mol. The van der Waals surface area contributed by atoms with Gasteiger partial charge in [-0.1, -0.05) is 6.92 Å². The van der Waals surface area contributed by atoms with E-state index in [1.165, 1.54) is 47.4 Å². The summed E-state index contributed by atoms with van der Waals surface area (Å²) in [5, 5.41) is 9.44. The van der Waals surface area contributed by atoms with E-state index in [0.717, 1.165) is 0 Å². The van der Waals surface area contributed by atoms with Crippen LogP contribution in [0.2, 0.25) is 0 Å². The Morgan fingerprint density at radius 1 is 1.15 bits per heavy atom. The van der Waals surface area contributed by atoms with Gasteiger partial charge >= 0.3 is 0 Å². The molecule has 0 fully saturated rings. The molecule has 0 aromatic heterocycles. The Kier molecular flexibility index (Phi) is 4.68. The molecule has 1 N–H and O–H groups in total. The molecule has 136 valence electrons. The number of hydrogen-bond acceptors (Lipinski definition) is 3. The van der Waals surface area contributed by atoms with E-state index in [1.54, 1.807) is 4.90 Å². The molecule has 1 aliphatic heterocycles. The number of fused-ring (bicyclic) bond motifs is 1. The number of hydrogen-bond donors (Lipinski definition) is 1. The minimum absolute atomic E-state index is 0.0424. The van der Waals surface area contributed by atoms with Crippen LogP contribution in [-0.2, 0) is 4.79 Å². The molecule has 2 aromatic carbocycles. The van der Waals surface area contributed by atoms with Crippen molar-refractivity contribution in [2.45, 2.75) is 39.3 Å². The van der Waals surface area contributed by atoms with Crippen molar-refractivity contribution >= 4 is 23.2 Å². The van der Waals surface area contributed by atoms with Crippen molar-refractivity contribution in [2.24, 2.45) is 0 Å². The third kappa shape index (κ3) is 2.92. The molecule has 0 bridgehead atoms. The number of anilines is 2. The maximum atomic E-state index is 14.0. The van der Waals surface area contributed by atoms with Crippen LogP contribution >= 0.6 is 0 Å². The minimum Gasteiger partial charge on any atom is -0.508 e. The molecule has 0 radical (unpaired) electrons. The third-order valence-electron chi connectivity index (χ3n) is 4.53. The van der Waals surface area contributed by atoms with Crippen LogP contribution in [0.4, 0.5) is 15.8 Å². The minimum atomic E-state index is -0.715. The highest BCUT2D eigenvalue weighted by molar-refractivity contribution is 6.17. The molecule has 6 heteroatoms. The zero-order chi connectivity index (χ0) is 19.0. The molecule has 0 spiro atoms. The SMILES string of the molecule is CC[C@@H]1C(=O)N(C(C)C)c2ccc(F)cc2N1C(=O)c1ccc(O)cc1. The van der Waals surface area contributed by atoms with E-state index in [4.69, 9.17) is 0 Å². The first-order valence-electron chi connectivity index (χ1n) is 8.60. The lowest BCUT2D eigenvalue weighted by molar-refractivity contribution is -0.120. The first kappa shape index (κ1) is 17.9. The van der Waals surface area contributed by atoms with Crippen LogP contribution in [0.1, 0.15) is 37.6 Å². The quantitative estimate of drug-likeness (QED) is 0.912. The van der Waals surface area contributed by atoms with Crippen molar-refractivity contribution in [3.8, 4) is 5.75 Å². The Bertz CT molecular complexity index is 849. The highest BCUT2D eigenvalue weighted by Crippen LogP contribution is 2.39. The molecule has 0 aliphatic carbocycles. The average Bonchev–Trinajstić information content (AvgIpc) is 2.60. The van der Waals surface area contributed by atoms with Crippen molar-refractivity contribution in [2.75, 3.05) is 9.80 Å². The number of amides is 2. The summed E-state index contributed by atoms with van der Waals surface area (Å²) >= 11 is 0. The fourth-order valence-corrected chi connectivity index (χ4v) is 3.33. The molecule has 5 nitrogen and oxygen atoms in total. The Hall–Kier alpha value is -2.89. The first-order valence-corrected chi connectivity index (χ1v) is 8.60. The zero-order valence-electron chi connectivity index (χ0n) is 14.9. The van der Waals surface area contributed by atoms with Gasteiger partial charge in [0.2, 0.25) is 5.91 Å². The molecular weight excluding hydrogens is 335 g/mol. The van der Waals surface area contributed by atoms with Crippen molar-refractivity contribution in [3.63, 3.8) is 0 Å². The number of aromatic hydroxyl groups is 1. The van der Waals surface area contributed by atoms with E-state index in [2.05, 4.69) is 0 Å². The topological polar surface area (TPSA) is 60.9 Å². The molecule has 0 saturated heterocycles. The number of carbonyl (C=O) groups is 2. The third-order valence-corrected chi connectivity index (χ3v) is 4.53. The number of carbonyl (C=O) groups excluding carboxylic acids is 2. The van der Waals surface area contributed by atoms with Crippen molar-refractivity contribution in [1.29, 1.82) is 0 Å². The van der Waals surface area contributed by atoms with Crippen molar-refractivity contribution in [1.82, 2.24) is 0 Å². The number of benzene rings is 2. The first-order chi connectivity index (χ1) is 12.3. The number of halogens is 1. The van der Waals surface area contributed by atoms with Gasteiger partial charge in [0.1, 0.15) is 17.6 Å². The summed E-state index contributed by atoms with van der Waals surface area (Å²) in [6, 6.07) is 9.07. The van der Waals surface area contributed by atoms with Crippen molar-refractivity contribution in [3.05, 3.63) is 53.8 Å². The molecule has 1 aliphatic rings. The van der Waals surface area contributed by atoms with Crippen LogP contribution in [0, 0.1) is 5.82 Å². The Labute approximate surface area is 151 Å². The summed E-state index contributed by atoms with van der Waals surface area (Å²) in [5.41, 5.74) is 1.22. The molecular formula is C20H21FN2O3. The van der Waals surface area contributed by atoms with Gasteiger partial charge < -0.3 is 10.0 Å². The molecule has 0 saturated carbocycles. The largest absolute Gasteiger partial charge is 0.508 e. The second-order valence-corrected chi connectivity index (χ2v) is 6.58. The highest BCUT2D eigenvalue weighted by Gasteiger charge is 2.41. The lowest BCUT2D eigenvalue weighted by Gasteiger charge is -2.43. The zero-order valence-corrected chi connectivity index (χ0v) is 14.9. The van der Waals surface area contributed by atoms with Gasteiger partial charge in [0, 0.05) is 11.6 Å². The number of nitrogens with zero attached hydrogens (tertiary/aromatic N) is 2. The highest BCUT2D eigenvalue weighted by atomic mass is 19.1. The van der Waals surface area contributed by atoms with Gasteiger partial charge in [-0.15, -0.1) is 0 Å². The summed E-state index contributed by atoms with van der Waals surface area (Å²) in [6.45, 7) is 5.59. The van der Waals surface area contributed by atoms with Gasteiger partial charge in [-0.05, 0) is 62.7 Å². The number of phenolic OH excluding ortho intramolecular Hbond substituents is 1. The lowest BCUT2D eigenvalue weighted by Crippen LogP contribution is -2.57. The van der Waals surface area contributed by atoms with Crippen LogP contribution in [0.3, 0.4) is 0 Å². The Morgan fingerprint density at radius 2 is 1.81 bits per heavy atom. The summed E-state index contributed by atoms with van der Waals surface area (Å²) in [6.07, 6.45) is 0.405. The molecule has 0 unspecified atom stereocenters. The van der Waals surface area contributed by atoms with Crippen molar-refractivity contribution < 1.29 is 19.1 Å².